The number of thiazole rings is 1. The SMILES string of the molecule is COc1ccccc1S(=O)(=O)Nc1cc(C(C)c2nccs2)c2c(c1)C1(CCC1)C(=O)C2. The monoisotopic (exact) mass is 468 g/mol. The van der Waals surface area contributed by atoms with Gasteiger partial charge in [0.1, 0.15) is 16.4 Å². The van der Waals surface area contributed by atoms with E-state index in [0.717, 1.165) is 41.0 Å². The van der Waals surface area contributed by atoms with Crippen molar-refractivity contribution in [3.8, 4) is 5.75 Å². The largest absolute Gasteiger partial charge is 0.495 e. The number of Topliss-reactive ketones (excluding diaryl/α,β-unsaturated/α-hetero) is 1. The first-order chi connectivity index (χ1) is 15.4. The lowest BCUT2D eigenvalue weighted by Crippen LogP contribution is -2.39. The van der Waals surface area contributed by atoms with Gasteiger partial charge in [-0.2, -0.15) is 0 Å². The number of nitrogens with zero attached hydrogens (tertiary/aromatic N) is 1. The highest BCUT2D eigenvalue weighted by atomic mass is 32.2. The Bertz CT molecular complexity index is 1300. The molecule has 0 radical (unpaired) electrons. The summed E-state index contributed by atoms with van der Waals surface area (Å²) >= 11 is 1.56. The van der Waals surface area contributed by atoms with Crippen molar-refractivity contribution in [3.63, 3.8) is 0 Å². The van der Waals surface area contributed by atoms with E-state index in [4.69, 9.17) is 4.74 Å². The number of methoxy groups -OCH3 is 1. The third-order valence-corrected chi connectivity index (χ3v) is 9.16. The average Bonchev–Trinajstić information content (AvgIpc) is 3.38. The summed E-state index contributed by atoms with van der Waals surface area (Å²) in [6, 6.07) is 10.3. The van der Waals surface area contributed by atoms with Crippen LogP contribution >= 0.6 is 11.3 Å². The van der Waals surface area contributed by atoms with E-state index in [1.165, 1.54) is 13.2 Å². The van der Waals surface area contributed by atoms with Crippen LogP contribution in [0.3, 0.4) is 0 Å². The van der Waals surface area contributed by atoms with Crippen molar-refractivity contribution in [2.45, 2.75) is 48.8 Å². The molecule has 8 heteroatoms. The van der Waals surface area contributed by atoms with Gasteiger partial charge in [-0.3, -0.25) is 9.52 Å². The quantitative estimate of drug-likeness (QED) is 0.569. The van der Waals surface area contributed by atoms with Crippen LogP contribution in [-0.2, 0) is 26.7 Å². The number of para-hydroxylation sites is 1. The molecule has 3 aromatic rings. The second-order valence-electron chi connectivity index (χ2n) is 8.48. The van der Waals surface area contributed by atoms with Crippen molar-refractivity contribution in [2.75, 3.05) is 11.8 Å². The van der Waals surface area contributed by atoms with Gasteiger partial charge in [0.15, 0.2) is 0 Å². The summed E-state index contributed by atoms with van der Waals surface area (Å²) in [5.41, 5.74) is 2.99. The molecule has 2 aromatic carbocycles. The van der Waals surface area contributed by atoms with Gasteiger partial charge in [0.2, 0.25) is 0 Å². The van der Waals surface area contributed by atoms with Gasteiger partial charge in [0, 0.05) is 29.6 Å². The lowest BCUT2D eigenvalue weighted by Gasteiger charge is -2.38. The van der Waals surface area contributed by atoms with E-state index in [1.54, 1.807) is 35.7 Å². The number of nitrogens with one attached hydrogen (secondary N) is 1. The van der Waals surface area contributed by atoms with Gasteiger partial charge < -0.3 is 4.74 Å². The molecule has 1 aromatic heterocycles. The number of carbonyl (C=O) groups is 1. The molecule has 1 heterocycles. The minimum Gasteiger partial charge on any atom is -0.495 e. The highest BCUT2D eigenvalue weighted by molar-refractivity contribution is 7.92. The lowest BCUT2D eigenvalue weighted by atomic mass is 9.64. The van der Waals surface area contributed by atoms with E-state index in [9.17, 15) is 13.2 Å². The number of ketones is 1. The summed E-state index contributed by atoms with van der Waals surface area (Å²) in [4.78, 5) is 17.6. The Balaban J connectivity index is 1.62. The van der Waals surface area contributed by atoms with Crippen LogP contribution in [0.5, 0.6) is 5.75 Å². The summed E-state index contributed by atoms with van der Waals surface area (Å²) in [6.07, 6.45) is 4.84. The number of benzene rings is 2. The van der Waals surface area contributed by atoms with Crippen molar-refractivity contribution in [3.05, 3.63) is 69.7 Å². The summed E-state index contributed by atoms with van der Waals surface area (Å²) < 4.78 is 34.5. The topological polar surface area (TPSA) is 85.4 Å². The van der Waals surface area contributed by atoms with Crippen molar-refractivity contribution in [1.82, 2.24) is 4.98 Å². The third kappa shape index (κ3) is 3.24. The molecule has 2 aliphatic rings. The van der Waals surface area contributed by atoms with Crippen molar-refractivity contribution >= 4 is 32.8 Å². The molecule has 1 unspecified atom stereocenters. The Morgan fingerprint density at radius 2 is 2.00 bits per heavy atom. The Morgan fingerprint density at radius 3 is 2.66 bits per heavy atom. The number of ether oxygens (including phenoxy) is 1. The fraction of sp³-hybridized carbons (Fsp3) is 0.333. The zero-order valence-electron chi connectivity index (χ0n) is 17.9. The number of hydrogen-bond acceptors (Lipinski definition) is 6. The van der Waals surface area contributed by atoms with Crippen LogP contribution in [0.25, 0.3) is 0 Å². The highest BCUT2D eigenvalue weighted by Crippen LogP contribution is 2.53. The zero-order valence-corrected chi connectivity index (χ0v) is 19.6. The molecule has 0 bridgehead atoms. The molecule has 1 fully saturated rings. The van der Waals surface area contributed by atoms with Gasteiger partial charge >= 0.3 is 0 Å². The summed E-state index contributed by atoms with van der Waals surface area (Å²) in [5.74, 6) is 0.488. The molecule has 32 heavy (non-hydrogen) atoms. The van der Waals surface area contributed by atoms with Crippen molar-refractivity contribution in [2.24, 2.45) is 0 Å². The van der Waals surface area contributed by atoms with Crippen molar-refractivity contribution < 1.29 is 17.9 Å². The predicted molar refractivity (Wildman–Crippen MR) is 124 cm³/mol. The van der Waals surface area contributed by atoms with Gasteiger partial charge in [0.05, 0.1) is 17.5 Å². The first kappa shape index (κ1) is 21.2. The van der Waals surface area contributed by atoms with Gasteiger partial charge in [-0.15, -0.1) is 11.3 Å². The van der Waals surface area contributed by atoms with E-state index < -0.39 is 15.4 Å². The molecule has 1 atom stereocenters. The molecule has 0 aliphatic heterocycles. The Kier molecular flexibility index (Phi) is 5.09. The number of fused-ring (bicyclic) bond motifs is 2. The van der Waals surface area contributed by atoms with Crippen LogP contribution in [0.2, 0.25) is 0 Å². The Labute approximate surface area is 191 Å². The maximum absolute atomic E-state index is 13.2. The van der Waals surface area contributed by atoms with Crippen LogP contribution < -0.4 is 9.46 Å². The summed E-state index contributed by atoms with van der Waals surface area (Å²) in [5, 5.41) is 2.87. The lowest BCUT2D eigenvalue weighted by molar-refractivity contribution is -0.125. The smallest absolute Gasteiger partial charge is 0.265 e. The molecular weight excluding hydrogens is 444 g/mol. The average molecular weight is 469 g/mol. The fourth-order valence-electron chi connectivity index (χ4n) is 4.95. The maximum Gasteiger partial charge on any atom is 0.265 e. The second kappa shape index (κ2) is 7.71. The van der Waals surface area contributed by atoms with E-state index in [-0.39, 0.29) is 22.3 Å². The molecule has 6 nitrogen and oxygen atoms in total. The Hall–Kier alpha value is -2.71. The number of anilines is 1. The fourth-order valence-corrected chi connectivity index (χ4v) is 6.88. The molecule has 0 amide bonds. The molecule has 1 spiro atoms. The first-order valence-electron chi connectivity index (χ1n) is 10.6. The minimum atomic E-state index is -3.88. The molecule has 1 saturated carbocycles. The number of rotatable bonds is 6. The van der Waals surface area contributed by atoms with Crippen LogP contribution in [0.4, 0.5) is 5.69 Å². The number of sulfonamides is 1. The van der Waals surface area contributed by atoms with Crippen LogP contribution in [0, 0.1) is 0 Å². The number of aromatic nitrogens is 1. The highest BCUT2D eigenvalue weighted by Gasteiger charge is 2.51. The van der Waals surface area contributed by atoms with Crippen molar-refractivity contribution in [1.29, 1.82) is 0 Å². The maximum atomic E-state index is 13.2. The van der Waals surface area contributed by atoms with E-state index in [1.807, 2.05) is 17.5 Å². The van der Waals surface area contributed by atoms with E-state index >= 15 is 0 Å². The third-order valence-electron chi connectivity index (χ3n) is 6.78. The predicted octanol–water partition coefficient (Wildman–Crippen LogP) is 4.65. The first-order valence-corrected chi connectivity index (χ1v) is 13.0. The van der Waals surface area contributed by atoms with Gasteiger partial charge in [0.25, 0.3) is 10.0 Å². The number of carbonyl (C=O) groups excluding carboxylic acids is 1. The minimum absolute atomic E-state index is 0.0394. The second-order valence-corrected chi connectivity index (χ2v) is 11.1. The van der Waals surface area contributed by atoms with E-state index in [0.29, 0.717) is 12.1 Å². The van der Waals surface area contributed by atoms with Crippen LogP contribution in [0.1, 0.15) is 53.8 Å². The van der Waals surface area contributed by atoms with Gasteiger partial charge in [-0.25, -0.2) is 13.4 Å². The number of hydrogen-bond donors (Lipinski definition) is 1. The molecule has 5 rings (SSSR count). The molecule has 2 aliphatic carbocycles. The van der Waals surface area contributed by atoms with Gasteiger partial charge in [-0.05, 0) is 53.8 Å². The van der Waals surface area contributed by atoms with Crippen LogP contribution in [-0.4, -0.2) is 26.3 Å². The molecular formula is C24H24N2O4S2. The molecule has 166 valence electrons. The van der Waals surface area contributed by atoms with E-state index in [2.05, 4.69) is 16.6 Å². The zero-order chi connectivity index (χ0) is 22.5. The standard InChI is InChI=1S/C24H24N2O4S2/c1-15(23-25-10-11-31-23)17-12-16(13-19-18(17)14-22(27)24(19)8-5-9-24)26-32(28,29)21-7-4-3-6-20(21)30-2/h3-4,6-7,10-13,15,26H,5,8-9,14H2,1-2H3. The summed E-state index contributed by atoms with van der Waals surface area (Å²) in [7, 11) is -2.43. The summed E-state index contributed by atoms with van der Waals surface area (Å²) in [6.45, 7) is 2.06. The molecule has 0 saturated heterocycles. The van der Waals surface area contributed by atoms with Crippen LogP contribution in [0.15, 0.2) is 52.9 Å². The van der Waals surface area contributed by atoms with Gasteiger partial charge in [-0.1, -0.05) is 25.5 Å². The molecule has 1 N–H and O–H groups in total. The normalized spacial score (nSPS) is 17.6. The Morgan fingerprint density at radius 1 is 1.22 bits per heavy atom.